The SMILES string of the molecule is CCC[C@H]1CC[C@H](c2ccc(-c3ccc(OCC)c(F)c3F)cc2)OC1. The predicted molar refractivity (Wildman–Crippen MR) is 99.3 cm³/mol. The molecule has 0 unspecified atom stereocenters. The topological polar surface area (TPSA) is 18.5 Å². The summed E-state index contributed by atoms with van der Waals surface area (Å²) in [5.74, 6) is -1.20. The number of hydrogen-bond donors (Lipinski definition) is 0. The zero-order valence-corrected chi connectivity index (χ0v) is 15.4. The maximum absolute atomic E-state index is 14.4. The molecule has 1 saturated heterocycles. The van der Waals surface area contributed by atoms with Crippen LogP contribution in [-0.4, -0.2) is 13.2 Å². The van der Waals surface area contributed by atoms with Gasteiger partial charge >= 0.3 is 0 Å². The zero-order chi connectivity index (χ0) is 18.5. The molecule has 0 spiro atoms. The second-order valence-corrected chi connectivity index (χ2v) is 6.85. The second kappa shape index (κ2) is 8.63. The molecule has 4 heteroatoms. The van der Waals surface area contributed by atoms with Crippen LogP contribution in [-0.2, 0) is 4.74 Å². The Kier molecular flexibility index (Phi) is 6.25. The second-order valence-electron chi connectivity index (χ2n) is 6.85. The first-order valence-electron chi connectivity index (χ1n) is 9.46. The van der Waals surface area contributed by atoms with E-state index in [9.17, 15) is 8.78 Å². The molecule has 1 fully saturated rings. The Morgan fingerprint density at radius 3 is 2.38 bits per heavy atom. The molecular formula is C22H26F2O2. The number of rotatable bonds is 6. The van der Waals surface area contributed by atoms with Gasteiger partial charge in [-0.15, -0.1) is 0 Å². The average Bonchev–Trinajstić information content (AvgIpc) is 2.67. The first-order chi connectivity index (χ1) is 12.6. The van der Waals surface area contributed by atoms with Crippen LogP contribution < -0.4 is 4.74 Å². The monoisotopic (exact) mass is 360 g/mol. The van der Waals surface area contributed by atoms with Crippen molar-refractivity contribution in [1.29, 1.82) is 0 Å². The maximum atomic E-state index is 14.4. The standard InChI is InChI=1S/C22H26F2O2/c1-3-5-15-6-12-19(26-14-15)17-9-7-16(8-10-17)18-11-13-20(25-4-2)22(24)21(18)23/h7-11,13,15,19H,3-6,12,14H2,1-2H3/t15-,19+/m0/s1. The van der Waals surface area contributed by atoms with Gasteiger partial charge in [-0.25, -0.2) is 4.39 Å². The lowest BCUT2D eigenvalue weighted by molar-refractivity contribution is -0.0194. The molecule has 1 aliphatic heterocycles. The molecule has 1 heterocycles. The van der Waals surface area contributed by atoms with Gasteiger partial charge in [0.25, 0.3) is 0 Å². The van der Waals surface area contributed by atoms with Crippen LogP contribution in [0.1, 0.15) is 51.2 Å². The van der Waals surface area contributed by atoms with Crippen molar-refractivity contribution >= 4 is 0 Å². The molecule has 2 nitrogen and oxygen atoms in total. The van der Waals surface area contributed by atoms with Crippen molar-refractivity contribution in [3.05, 3.63) is 53.6 Å². The van der Waals surface area contributed by atoms with E-state index in [0.717, 1.165) is 18.6 Å². The Hall–Kier alpha value is -1.94. The fraction of sp³-hybridized carbons (Fsp3) is 0.455. The molecule has 0 amide bonds. The fourth-order valence-electron chi connectivity index (χ4n) is 3.60. The van der Waals surface area contributed by atoms with Crippen molar-refractivity contribution in [3.8, 4) is 16.9 Å². The highest BCUT2D eigenvalue weighted by atomic mass is 19.2. The van der Waals surface area contributed by atoms with Crippen LogP contribution in [0.5, 0.6) is 5.75 Å². The van der Waals surface area contributed by atoms with E-state index in [1.54, 1.807) is 13.0 Å². The molecule has 0 radical (unpaired) electrons. The summed E-state index contributed by atoms with van der Waals surface area (Å²) in [6, 6.07) is 10.6. The number of ether oxygens (including phenoxy) is 2. The highest BCUT2D eigenvalue weighted by Crippen LogP contribution is 2.34. The van der Waals surface area contributed by atoms with E-state index in [2.05, 4.69) is 6.92 Å². The molecule has 3 rings (SSSR count). The third kappa shape index (κ3) is 4.07. The largest absolute Gasteiger partial charge is 0.491 e. The highest BCUT2D eigenvalue weighted by Gasteiger charge is 2.22. The molecule has 1 aliphatic rings. The Balaban J connectivity index is 1.73. The summed E-state index contributed by atoms with van der Waals surface area (Å²) in [6.45, 7) is 5.04. The molecule has 2 atom stereocenters. The minimum Gasteiger partial charge on any atom is -0.491 e. The molecular weight excluding hydrogens is 334 g/mol. The van der Waals surface area contributed by atoms with Crippen LogP contribution in [0.15, 0.2) is 36.4 Å². The van der Waals surface area contributed by atoms with Gasteiger partial charge in [0, 0.05) is 5.56 Å². The van der Waals surface area contributed by atoms with E-state index in [4.69, 9.17) is 9.47 Å². The molecule has 2 aromatic rings. The molecule has 0 bridgehead atoms. The first-order valence-corrected chi connectivity index (χ1v) is 9.46. The van der Waals surface area contributed by atoms with Crippen LogP contribution in [0.4, 0.5) is 8.78 Å². The van der Waals surface area contributed by atoms with Crippen LogP contribution in [0.25, 0.3) is 11.1 Å². The summed E-state index contributed by atoms with van der Waals surface area (Å²) in [4.78, 5) is 0. The molecule has 140 valence electrons. The van der Waals surface area contributed by atoms with Gasteiger partial charge in [-0.3, -0.25) is 0 Å². The van der Waals surface area contributed by atoms with Gasteiger partial charge in [0.1, 0.15) is 0 Å². The van der Waals surface area contributed by atoms with Crippen molar-refractivity contribution in [3.63, 3.8) is 0 Å². The van der Waals surface area contributed by atoms with E-state index in [1.165, 1.54) is 25.3 Å². The molecule has 0 N–H and O–H groups in total. The number of benzene rings is 2. The van der Waals surface area contributed by atoms with Gasteiger partial charge in [0.05, 0.1) is 19.3 Å². The maximum Gasteiger partial charge on any atom is 0.201 e. The summed E-state index contributed by atoms with van der Waals surface area (Å²) < 4.78 is 39.6. The number of halogens is 2. The van der Waals surface area contributed by atoms with Crippen molar-refractivity contribution in [2.75, 3.05) is 13.2 Å². The molecule has 0 saturated carbocycles. The van der Waals surface area contributed by atoms with E-state index in [1.807, 2.05) is 24.3 Å². The Morgan fingerprint density at radius 1 is 1.00 bits per heavy atom. The van der Waals surface area contributed by atoms with Crippen LogP contribution in [0, 0.1) is 17.6 Å². The fourth-order valence-corrected chi connectivity index (χ4v) is 3.60. The van der Waals surface area contributed by atoms with Crippen molar-refractivity contribution in [2.45, 2.75) is 45.6 Å². The summed E-state index contributed by atoms with van der Waals surface area (Å²) in [5.41, 5.74) is 1.98. The predicted octanol–water partition coefficient (Wildman–Crippen LogP) is 6.30. The lowest BCUT2D eigenvalue weighted by atomic mass is 9.91. The van der Waals surface area contributed by atoms with E-state index in [-0.39, 0.29) is 17.4 Å². The molecule has 2 aromatic carbocycles. The minimum absolute atomic E-state index is 0.0531. The third-order valence-corrected chi connectivity index (χ3v) is 5.01. The van der Waals surface area contributed by atoms with E-state index in [0.29, 0.717) is 18.1 Å². The lowest BCUT2D eigenvalue weighted by Crippen LogP contribution is -2.20. The van der Waals surface area contributed by atoms with Gasteiger partial charge in [0.15, 0.2) is 11.6 Å². The Bertz CT molecular complexity index is 720. The Morgan fingerprint density at radius 2 is 1.77 bits per heavy atom. The third-order valence-electron chi connectivity index (χ3n) is 5.01. The average molecular weight is 360 g/mol. The zero-order valence-electron chi connectivity index (χ0n) is 15.4. The van der Waals surface area contributed by atoms with Gasteiger partial charge in [-0.2, -0.15) is 4.39 Å². The van der Waals surface area contributed by atoms with Gasteiger partial charge in [-0.1, -0.05) is 37.6 Å². The van der Waals surface area contributed by atoms with Gasteiger partial charge in [-0.05, 0) is 55.4 Å². The summed E-state index contributed by atoms with van der Waals surface area (Å²) >= 11 is 0. The summed E-state index contributed by atoms with van der Waals surface area (Å²) in [5, 5.41) is 0. The normalized spacial score (nSPS) is 20.2. The van der Waals surface area contributed by atoms with Gasteiger partial charge < -0.3 is 9.47 Å². The minimum atomic E-state index is -0.939. The van der Waals surface area contributed by atoms with E-state index >= 15 is 0 Å². The van der Waals surface area contributed by atoms with Crippen LogP contribution in [0.3, 0.4) is 0 Å². The number of hydrogen-bond acceptors (Lipinski definition) is 2. The van der Waals surface area contributed by atoms with Gasteiger partial charge in [0.2, 0.25) is 5.82 Å². The van der Waals surface area contributed by atoms with Crippen molar-refractivity contribution in [2.24, 2.45) is 5.92 Å². The lowest BCUT2D eigenvalue weighted by Gasteiger charge is -2.29. The first kappa shape index (κ1) is 18.8. The molecule has 26 heavy (non-hydrogen) atoms. The van der Waals surface area contributed by atoms with E-state index < -0.39 is 11.6 Å². The molecule has 0 aliphatic carbocycles. The van der Waals surface area contributed by atoms with Crippen molar-refractivity contribution in [1.82, 2.24) is 0 Å². The van der Waals surface area contributed by atoms with Crippen molar-refractivity contribution < 1.29 is 18.3 Å². The highest BCUT2D eigenvalue weighted by molar-refractivity contribution is 5.65. The molecule has 0 aromatic heterocycles. The summed E-state index contributed by atoms with van der Waals surface area (Å²) in [7, 11) is 0. The van der Waals surface area contributed by atoms with Crippen LogP contribution >= 0.6 is 0 Å². The summed E-state index contributed by atoms with van der Waals surface area (Å²) in [6.07, 6.45) is 4.69. The smallest absolute Gasteiger partial charge is 0.201 e. The Labute approximate surface area is 154 Å². The quantitative estimate of drug-likeness (QED) is 0.602. The van der Waals surface area contributed by atoms with Crippen LogP contribution in [0.2, 0.25) is 0 Å².